The minimum atomic E-state index is -0.352. The van der Waals surface area contributed by atoms with Crippen molar-refractivity contribution in [3.05, 3.63) is 22.7 Å². The lowest BCUT2D eigenvalue weighted by molar-refractivity contribution is -0.121. The van der Waals surface area contributed by atoms with E-state index < -0.39 is 0 Å². The SMILES string of the molecule is COc1cc(C)c(NC(=O)C2=NNC(=O)CC2)cc1Cl. The topological polar surface area (TPSA) is 79.8 Å². The molecule has 0 unspecified atom stereocenters. The van der Waals surface area contributed by atoms with Gasteiger partial charge in [0, 0.05) is 18.5 Å². The van der Waals surface area contributed by atoms with Crippen LogP contribution in [0, 0.1) is 6.92 Å². The molecule has 2 rings (SSSR count). The molecular weight excluding hydrogens is 282 g/mol. The number of methoxy groups -OCH3 is 1. The fourth-order valence-electron chi connectivity index (χ4n) is 1.78. The second-order valence-electron chi connectivity index (χ2n) is 4.35. The third kappa shape index (κ3) is 3.08. The number of anilines is 1. The molecule has 0 fully saturated rings. The first kappa shape index (κ1) is 14.3. The summed E-state index contributed by atoms with van der Waals surface area (Å²) in [6.45, 7) is 1.83. The van der Waals surface area contributed by atoms with Crippen molar-refractivity contribution in [1.29, 1.82) is 0 Å². The molecule has 7 heteroatoms. The van der Waals surface area contributed by atoms with E-state index in [0.717, 1.165) is 5.56 Å². The van der Waals surface area contributed by atoms with Crippen LogP contribution in [0.4, 0.5) is 5.69 Å². The molecule has 1 aromatic carbocycles. The van der Waals surface area contributed by atoms with Gasteiger partial charge in [-0.3, -0.25) is 9.59 Å². The number of aryl methyl sites for hydroxylation is 1. The number of nitrogens with one attached hydrogen (secondary N) is 2. The first-order valence-electron chi connectivity index (χ1n) is 6.02. The van der Waals surface area contributed by atoms with Gasteiger partial charge in [0.2, 0.25) is 5.91 Å². The second-order valence-corrected chi connectivity index (χ2v) is 4.76. The molecule has 0 aliphatic carbocycles. The van der Waals surface area contributed by atoms with Gasteiger partial charge in [0.15, 0.2) is 0 Å². The van der Waals surface area contributed by atoms with Crippen LogP contribution in [0.1, 0.15) is 18.4 Å². The maximum Gasteiger partial charge on any atom is 0.271 e. The zero-order valence-electron chi connectivity index (χ0n) is 11.1. The van der Waals surface area contributed by atoms with Crippen LogP contribution in [-0.2, 0) is 9.59 Å². The molecule has 1 aromatic rings. The molecule has 0 aromatic heterocycles. The summed E-state index contributed by atoms with van der Waals surface area (Å²) in [5, 5.41) is 6.88. The minimum absolute atomic E-state index is 0.190. The minimum Gasteiger partial charge on any atom is -0.495 e. The molecular formula is C13H14ClN3O3. The van der Waals surface area contributed by atoms with Gasteiger partial charge in [-0.25, -0.2) is 5.43 Å². The summed E-state index contributed by atoms with van der Waals surface area (Å²) in [7, 11) is 1.53. The Morgan fingerprint density at radius 3 is 2.80 bits per heavy atom. The molecule has 2 N–H and O–H groups in total. The van der Waals surface area contributed by atoms with E-state index in [1.807, 2.05) is 6.92 Å². The summed E-state index contributed by atoms with van der Waals surface area (Å²) in [6.07, 6.45) is 0.579. The number of benzene rings is 1. The number of halogens is 1. The molecule has 0 bridgehead atoms. The van der Waals surface area contributed by atoms with Crippen molar-refractivity contribution >= 4 is 34.8 Å². The molecule has 0 spiro atoms. The van der Waals surface area contributed by atoms with Crippen LogP contribution >= 0.6 is 11.6 Å². The van der Waals surface area contributed by atoms with Gasteiger partial charge in [0.05, 0.1) is 12.1 Å². The zero-order chi connectivity index (χ0) is 14.7. The Labute approximate surface area is 121 Å². The van der Waals surface area contributed by atoms with Crippen LogP contribution in [0.5, 0.6) is 5.75 Å². The van der Waals surface area contributed by atoms with Gasteiger partial charge in [-0.1, -0.05) is 11.6 Å². The molecule has 106 valence electrons. The highest BCUT2D eigenvalue weighted by Crippen LogP contribution is 2.30. The number of ether oxygens (including phenoxy) is 1. The van der Waals surface area contributed by atoms with E-state index in [0.29, 0.717) is 22.9 Å². The summed E-state index contributed by atoms with van der Waals surface area (Å²) < 4.78 is 5.10. The van der Waals surface area contributed by atoms with Crippen LogP contribution in [0.15, 0.2) is 17.2 Å². The number of carbonyl (C=O) groups is 2. The number of hydrogen-bond donors (Lipinski definition) is 2. The third-order valence-electron chi connectivity index (χ3n) is 2.91. The quantitative estimate of drug-likeness (QED) is 0.893. The maximum absolute atomic E-state index is 12.0. The van der Waals surface area contributed by atoms with E-state index in [-0.39, 0.29) is 23.9 Å². The number of amides is 2. The lowest BCUT2D eigenvalue weighted by atomic mass is 10.1. The molecule has 0 atom stereocenters. The lowest BCUT2D eigenvalue weighted by Gasteiger charge is -2.14. The van der Waals surface area contributed by atoms with Crippen molar-refractivity contribution in [1.82, 2.24) is 5.43 Å². The summed E-state index contributed by atoms with van der Waals surface area (Å²) in [6, 6.07) is 3.36. The highest BCUT2D eigenvalue weighted by atomic mass is 35.5. The highest BCUT2D eigenvalue weighted by Gasteiger charge is 2.19. The molecule has 1 aliphatic heterocycles. The molecule has 0 radical (unpaired) electrons. The van der Waals surface area contributed by atoms with Crippen LogP contribution < -0.4 is 15.5 Å². The summed E-state index contributed by atoms with van der Waals surface area (Å²) in [5.74, 6) is 0.00370. The number of rotatable bonds is 3. The van der Waals surface area contributed by atoms with Crippen molar-refractivity contribution in [2.45, 2.75) is 19.8 Å². The van der Waals surface area contributed by atoms with E-state index in [2.05, 4.69) is 15.8 Å². The molecule has 1 heterocycles. The molecule has 6 nitrogen and oxygen atoms in total. The highest BCUT2D eigenvalue weighted by molar-refractivity contribution is 6.43. The zero-order valence-corrected chi connectivity index (χ0v) is 11.9. The van der Waals surface area contributed by atoms with E-state index in [1.165, 1.54) is 7.11 Å². The Morgan fingerprint density at radius 1 is 1.45 bits per heavy atom. The van der Waals surface area contributed by atoms with Gasteiger partial charge >= 0.3 is 0 Å². The van der Waals surface area contributed by atoms with Gasteiger partial charge in [-0.15, -0.1) is 0 Å². The van der Waals surface area contributed by atoms with Crippen LogP contribution in [0.2, 0.25) is 5.02 Å². The third-order valence-corrected chi connectivity index (χ3v) is 3.21. The number of hydrazone groups is 1. The maximum atomic E-state index is 12.0. The fourth-order valence-corrected chi connectivity index (χ4v) is 2.02. The van der Waals surface area contributed by atoms with E-state index in [1.54, 1.807) is 12.1 Å². The predicted molar refractivity (Wildman–Crippen MR) is 76.2 cm³/mol. The number of carbonyl (C=O) groups excluding carboxylic acids is 2. The Kier molecular flexibility index (Phi) is 4.24. The van der Waals surface area contributed by atoms with Crippen LogP contribution in [-0.4, -0.2) is 24.6 Å². The van der Waals surface area contributed by atoms with Gasteiger partial charge in [-0.2, -0.15) is 5.10 Å². The van der Waals surface area contributed by atoms with Crippen molar-refractivity contribution in [2.24, 2.45) is 5.10 Å². The average molecular weight is 296 g/mol. The van der Waals surface area contributed by atoms with Crippen molar-refractivity contribution in [3.63, 3.8) is 0 Å². The summed E-state index contributed by atoms with van der Waals surface area (Å²) >= 11 is 6.03. The number of hydrogen-bond acceptors (Lipinski definition) is 4. The standard InChI is InChI=1S/C13H14ClN3O3/c1-7-5-11(20-2)8(14)6-10(7)15-13(19)9-3-4-12(18)17-16-9/h5-6H,3-4H2,1-2H3,(H,15,19)(H,17,18). The molecule has 0 saturated heterocycles. The van der Waals surface area contributed by atoms with E-state index in [4.69, 9.17) is 16.3 Å². The largest absolute Gasteiger partial charge is 0.495 e. The smallest absolute Gasteiger partial charge is 0.271 e. The van der Waals surface area contributed by atoms with E-state index in [9.17, 15) is 9.59 Å². The van der Waals surface area contributed by atoms with Crippen LogP contribution in [0.25, 0.3) is 0 Å². The first-order valence-corrected chi connectivity index (χ1v) is 6.40. The first-order chi connectivity index (χ1) is 9.51. The molecule has 1 aliphatic rings. The summed E-state index contributed by atoms with van der Waals surface area (Å²) in [4.78, 5) is 23.0. The van der Waals surface area contributed by atoms with Gasteiger partial charge in [0.1, 0.15) is 11.5 Å². The van der Waals surface area contributed by atoms with E-state index >= 15 is 0 Å². The van der Waals surface area contributed by atoms with Gasteiger partial charge < -0.3 is 10.1 Å². The Hall–Kier alpha value is -2.08. The summed E-state index contributed by atoms with van der Waals surface area (Å²) in [5.41, 5.74) is 3.98. The fraction of sp³-hybridized carbons (Fsp3) is 0.308. The Morgan fingerprint density at radius 2 is 2.20 bits per heavy atom. The van der Waals surface area contributed by atoms with Gasteiger partial charge in [-0.05, 0) is 24.6 Å². The average Bonchev–Trinajstić information content (AvgIpc) is 2.43. The van der Waals surface area contributed by atoms with Crippen molar-refractivity contribution < 1.29 is 14.3 Å². The Bertz CT molecular complexity index is 599. The lowest BCUT2D eigenvalue weighted by Crippen LogP contribution is -2.32. The number of nitrogens with zero attached hydrogens (tertiary/aromatic N) is 1. The van der Waals surface area contributed by atoms with Crippen molar-refractivity contribution in [3.8, 4) is 5.75 Å². The Balaban J connectivity index is 2.16. The van der Waals surface area contributed by atoms with Crippen molar-refractivity contribution in [2.75, 3.05) is 12.4 Å². The normalized spacial score (nSPS) is 14.3. The van der Waals surface area contributed by atoms with Gasteiger partial charge in [0.25, 0.3) is 5.91 Å². The second kappa shape index (κ2) is 5.92. The molecule has 0 saturated carbocycles. The molecule has 20 heavy (non-hydrogen) atoms. The van der Waals surface area contributed by atoms with Crippen LogP contribution in [0.3, 0.4) is 0 Å². The monoisotopic (exact) mass is 295 g/mol. The predicted octanol–water partition coefficient (Wildman–Crippen LogP) is 1.86. The molecule has 2 amide bonds.